The monoisotopic (exact) mass is 296 g/mol. The summed E-state index contributed by atoms with van der Waals surface area (Å²) >= 11 is 0. The van der Waals surface area contributed by atoms with Crippen LogP contribution >= 0.6 is 0 Å². The van der Waals surface area contributed by atoms with Crippen molar-refractivity contribution in [3.05, 3.63) is 17.7 Å². The van der Waals surface area contributed by atoms with Gasteiger partial charge in [0.05, 0.1) is 13.7 Å². The standard InChI is InChI=1S/C14H20N2O3S/c1-5-7-16(8-6-2)20(17,18)14-10-12(15)11(3)9-13(14)19-4/h1,9-10H,6-8,15H2,2-4H3. The maximum atomic E-state index is 12.7. The van der Waals surface area contributed by atoms with Crippen molar-refractivity contribution in [2.24, 2.45) is 0 Å². The molecule has 0 aromatic heterocycles. The number of nitrogens with two attached hydrogens (primary N) is 1. The van der Waals surface area contributed by atoms with E-state index in [0.717, 1.165) is 5.56 Å². The van der Waals surface area contributed by atoms with Crippen LogP contribution in [0.25, 0.3) is 0 Å². The van der Waals surface area contributed by atoms with Gasteiger partial charge in [0.1, 0.15) is 10.6 Å². The van der Waals surface area contributed by atoms with E-state index in [9.17, 15) is 8.42 Å². The molecule has 0 atom stereocenters. The molecule has 0 aliphatic heterocycles. The second-order valence-corrected chi connectivity index (χ2v) is 6.31. The van der Waals surface area contributed by atoms with Crippen molar-refractivity contribution in [1.82, 2.24) is 4.31 Å². The van der Waals surface area contributed by atoms with Crippen LogP contribution in [0.3, 0.4) is 0 Å². The Morgan fingerprint density at radius 3 is 2.60 bits per heavy atom. The fourth-order valence-electron chi connectivity index (χ4n) is 1.81. The van der Waals surface area contributed by atoms with Crippen molar-refractivity contribution >= 4 is 15.7 Å². The predicted molar refractivity (Wildman–Crippen MR) is 80.0 cm³/mol. The van der Waals surface area contributed by atoms with E-state index in [1.165, 1.54) is 17.5 Å². The van der Waals surface area contributed by atoms with Gasteiger partial charge in [0.25, 0.3) is 0 Å². The largest absolute Gasteiger partial charge is 0.495 e. The van der Waals surface area contributed by atoms with Gasteiger partial charge in [-0.05, 0) is 31.0 Å². The molecular formula is C14H20N2O3S. The molecule has 1 aromatic rings. The highest BCUT2D eigenvalue weighted by molar-refractivity contribution is 7.89. The summed E-state index contributed by atoms with van der Waals surface area (Å²) in [6.45, 7) is 4.05. The highest BCUT2D eigenvalue weighted by atomic mass is 32.2. The lowest BCUT2D eigenvalue weighted by Crippen LogP contribution is -2.32. The molecule has 0 amide bonds. The van der Waals surface area contributed by atoms with Crippen LogP contribution in [0.4, 0.5) is 5.69 Å². The van der Waals surface area contributed by atoms with Crippen LogP contribution in [-0.2, 0) is 10.0 Å². The smallest absolute Gasteiger partial charge is 0.247 e. The molecule has 20 heavy (non-hydrogen) atoms. The Labute approximate surface area is 120 Å². The van der Waals surface area contributed by atoms with Crippen LogP contribution in [0.1, 0.15) is 18.9 Å². The number of methoxy groups -OCH3 is 1. The second kappa shape index (κ2) is 6.64. The molecule has 1 rings (SSSR count). The van der Waals surface area contributed by atoms with Gasteiger partial charge >= 0.3 is 0 Å². The molecule has 6 heteroatoms. The lowest BCUT2D eigenvalue weighted by molar-refractivity contribution is 0.395. The van der Waals surface area contributed by atoms with Crippen molar-refractivity contribution in [3.8, 4) is 18.1 Å². The van der Waals surface area contributed by atoms with E-state index >= 15 is 0 Å². The summed E-state index contributed by atoms with van der Waals surface area (Å²) in [7, 11) is -2.30. The van der Waals surface area contributed by atoms with E-state index in [1.807, 2.05) is 6.92 Å². The maximum Gasteiger partial charge on any atom is 0.247 e. The lowest BCUT2D eigenvalue weighted by atomic mass is 10.2. The highest BCUT2D eigenvalue weighted by Gasteiger charge is 2.27. The molecule has 0 saturated heterocycles. The van der Waals surface area contributed by atoms with Crippen LogP contribution in [0, 0.1) is 19.3 Å². The van der Waals surface area contributed by atoms with Gasteiger partial charge < -0.3 is 10.5 Å². The highest BCUT2D eigenvalue weighted by Crippen LogP contribution is 2.31. The Bertz CT molecular complexity index is 618. The molecule has 0 aliphatic rings. The summed E-state index contributed by atoms with van der Waals surface area (Å²) in [5, 5.41) is 0. The number of benzene rings is 1. The summed E-state index contributed by atoms with van der Waals surface area (Å²) in [6, 6.07) is 3.03. The van der Waals surface area contributed by atoms with E-state index in [-0.39, 0.29) is 17.2 Å². The Balaban J connectivity index is 3.40. The molecule has 2 N–H and O–H groups in total. The van der Waals surface area contributed by atoms with Gasteiger partial charge in [0.2, 0.25) is 10.0 Å². The first-order valence-corrected chi connectivity index (χ1v) is 7.70. The van der Waals surface area contributed by atoms with E-state index in [2.05, 4.69) is 5.92 Å². The zero-order valence-corrected chi connectivity index (χ0v) is 12.8. The van der Waals surface area contributed by atoms with Gasteiger partial charge in [-0.25, -0.2) is 8.42 Å². The number of nitrogens with zero attached hydrogens (tertiary/aromatic N) is 1. The minimum absolute atomic E-state index is 0.0209. The average Bonchev–Trinajstić information content (AvgIpc) is 2.41. The van der Waals surface area contributed by atoms with Crippen LogP contribution in [0.2, 0.25) is 0 Å². The number of hydrogen-bond acceptors (Lipinski definition) is 4. The Morgan fingerprint density at radius 1 is 1.45 bits per heavy atom. The van der Waals surface area contributed by atoms with Crippen molar-refractivity contribution in [2.45, 2.75) is 25.2 Å². The summed E-state index contributed by atoms with van der Waals surface area (Å²) in [5.41, 5.74) is 6.98. The number of sulfonamides is 1. The van der Waals surface area contributed by atoms with E-state index in [4.69, 9.17) is 16.9 Å². The fraction of sp³-hybridized carbons (Fsp3) is 0.429. The minimum atomic E-state index is -3.72. The summed E-state index contributed by atoms with van der Waals surface area (Å²) in [6.07, 6.45) is 5.92. The van der Waals surface area contributed by atoms with Gasteiger partial charge in [0.15, 0.2) is 0 Å². The first-order valence-electron chi connectivity index (χ1n) is 6.26. The van der Waals surface area contributed by atoms with Crippen LogP contribution in [-0.4, -0.2) is 32.9 Å². The van der Waals surface area contributed by atoms with Gasteiger partial charge in [-0.15, -0.1) is 6.42 Å². The van der Waals surface area contributed by atoms with E-state index in [0.29, 0.717) is 18.7 Å². The van der Waals surface area contributed by atoms with Gasteiger partial charge in [-0.1, -0.05) is 12.8 Å². The number of rotatable bonds is 6. The molecule has 0 bridgehead atoms. The molecule has 0 radical (unpaired) electrons. The third kappa shape index (κ3) is 3.24. The van der Waals surface area contributed by atoms with Crippen molar-refractivity contribution in [2.75, 3.05) is 25.9 Å². The third-order valence-electron chi connectivity index (χ3n) is 2.91. The van der Waals surface area contributed by atoms with Crippen LogP contribution < -0.4 is 10.5 Å². The molecule has 0 fully saturated rings. The first kappa shape index (κ1) is 16.3. The molecule has 5 nitrogen and oxygen atoms in total. The Kier molecular flexibility index (Phi) is 5.43. The predicted octanol–water partition coefficient (Wildman–Crippen LogP) is 1.62. The first-order chi connectivity index (χ1) is 9.38. The van der Waals surface area contributed by atoms with Crippen LogP contribution in [0.15, 0.2) is 17.0 Å². The van der Waals surface area contributed by atoms with Crippen LogP contribution in [0.5, 0.6) is 5.75 Å². The Hall–Kier alpha value is -1.71. The van der Waals surface area contributed by atoms with Gasteiger partial charge in [-0.3, -0.25) is 0 Å². The number of terminal acetylenes is 1. The molecule has 0 heterocycles. The second-order valence-electron chi connectivity index (χ2n) is 4.40. The molecule has 0 spiro atoms. The normalized spacial score (nSPS) is 11.3. The molecule has 1 aromatic carbocycles. The molecule has 110 valence electrons. The average molecular weight is 296 g/mol. The Morgan fingerprint density at radius 2 is 2.10 bits per heavy atom. The van der Waals surface area contributed by atoms with Crippen molar-refractivity contribution in [3.63, 3.8) is 0 Å². The molecule has 0 unspecified atom stereocenters. The summed E-state index contributed by atoms with van der Waals surface area (Å²) < 4.78 is 31.7. The minimum Gasteiger partial charge on any atom is -0.495 e. The number of nitrogen functional groups attached to an aromatic ring is 1. The number of ether oxygens (including phenoxy) is 1. The number of aryl methyl sites for hydroxylation is 1. The SMILES string of the molecule is C#CCN(CCC)S(=O)(=O)c1cc(N)c(C)cc1OC. The van der Waals surface area contributed by atoms with Gasteiger partial charge in [-0.2, -0.15) is 4.31 Å². The third-order valence-corrected chi connectivity index (χ3v) is 4.78. The van der Waals surface area contributed by atoms with E-state index in [1.54, 1.807) is 13.0 Å². The number of anilines is 1. The summed E-state index contributed by atoms with van der Waals surface area (Å²) in [4.78, 5) is 0.0480. The number of hydrogen-bond donors (Lipinski definition) is 1. The maximum absolute atomic E-state index is 12.7. The zero-order chi connectivity index (χ0) is 15.3. The lowest BCUT2D eigenvalue weighted by Gasteiger charge is -2.21. The molecule has 0 aliphatic carbocycles. The van der Waals surface area contributed by atoms with Crippen molar-refractivity contribution < 1.29 is 13.2 Å². The zero-order valence-electron chi connectivity index (χ0n) is 12.0. The fourth-order valence-corrected chi connectivity index (χ4v) is 3.43. The van der Waals surface area contributed by atoms with Crippen molar-refractivity contribution in [1.29, 1.82) is 0 Å². The quantitative estimate of drug-likeness (QED) is 0.639. The van der Waals surface area contributed by atoms with Gasteiger partial charge in [0, 0.05) is 12.2 Å². The molecular weight excluding hydrogens is 276 g/mol. The summed E-state index contributed by atoms with van der Waals surface area (Å²) in [5.74, 6) is 2.64. The topological polar surface area (TPSA) is 72.6 Å². The molecule has 0 saturated carbocycles. The van der Waals surface area contributed by atoms with E-state index < -0.39 is 10.0 Å².